The fourth-order valence-corrected chi connectivity index (χ4v) is 7.94. The maximum atomic E-state index is 13.9. The average molecular weight is 688 g/mol. The maximum absolute atomic E-state index is 13.9. The molecule has 18 heteroatoms. The van der Waals surface area contributed by atoms with E-state index in [1.54, 1.807) is 6.07 Å². The summed E-state index contributed by atoms with van der Waals surface area (Å²) in [5.74, 6) is 0. The van der Waals surface area contributed by atoms with Crippen LogP contribution in [0.3, 0.4) is 0 Å². The van der Waals surface area contributed by atoms with E-state index in [4.69, 9.17) is 9.30 Å². The van der Waals surface area contributed by atoms with Crippen LogP contribution < -0.4 is 10.6 Å². The largest absolute Gasteiger partial charge is 0.999 e. The van der Waals surface area contributed by atoms with Gasteiger partial charge in [0.25, 0.3) is 0 Å². The number of fused-ring (bicyclic) bond motifs is 4. The van der Waals surface area contributed by atoms with Crippen LogP contribution in [0.1, 0.15) is 11.1 Å². The van der Waals surface area contributed by atoms with E-state index in [1.165, 1.54) is 0 Å². The predicted octanol–water partition coefficient (Wildman–Crippen LogP) is 6.71. The summed E-state index contributed by atoms with van der Waals surface area (Å²) in [5.41, 5.74) is -13.8. The van der Waals surface area contributed by atoms with Crippen molar-refractivity contribution in [1.82, 2.24) is 0 Å². The van der Waals surface area contributed by atoms with Crippen LogP contribution in [0.5, 0.6) is 0 Å². The van der Waals surface area contributed by atoms with E-state index in [9.17, 15) is 52.7 Å². The smallest absolute Gasteiger partial charge is 0 e. The fraction of sp³-hybridized carbons (Fsp3) is 0.240. The second kappa shape index (κ2) is 13.1. The first kappa shape index (κ1) is 38.3. The SMILES string of the molecule is FC(F)(F)C1(C(F)(F)F)O[P+]2(OC(C(F)(F)F)(C(F)(F)F)c3ccccc32)c2ccccc21.[C-]#[O+].[C-]#[O+].[Fe].[c-]1[c-][c-][cH-][c-]1. The summed E-state index contributed by atoms with van der Waals surface area (Å²) in [6.45, 7) is 9.00. The summed E-state index contributed by atoms with van der Waals surface area (Å²) in [6, 6.07) is 16.8. The zero-order chi connectivity index (χ0) is 32.4. The molecule has 0 saturated carbocycles. The Hall–Kier alpha value is -2.70. The van der Waals surface area contributed by atoms with Gasteiger partial charge in [0.2, 0.25) is 0 Å². The van der Waals surface area contributed by atoms with Crippen molar-refractivity contribution in [3.05, 3.63) is 103 Å². The van der Waals surface area contributed by atoms with Crippen LogP contribution in [0.25, 0.3) is 0 Å². The molecule has 0 fully saturated rings. The van der Waals surface area contributed by atoms with E-state index in [0.717, 1.165) is 24.3 Å². The van der Waals surface area contributed by atoms with E-state index >= 15 is 0 Å². The molecule has 1 spiro atoms. The molecule has 2 aliphatic heterocycles. The van der Waals surface area contributed by atoms with Crippen LogP contribution in [0, 0.1) is 37.6 Å². The van der Waals surface area contributed by atoms with Crippen LogP contribution in [-0.4, -0.2) is 24.7 Å². The molecule has 4 nitrogen and oxygen atoms in total. The molecule has 0 radical (unpaired) electrons. The molecule has 3 aromatic carbocycles. The molecule has 0 aromatic heterocycles. The van der Waals surface area contributed by atoms with Crippen molar-refractivity contribution in [3.8, 4) is 0 Å². The Morgan fingerprint density at radius 1 is 0.581 bits per heavy atom. The van der Waals surface area contributed by atoms with Crippen molar-refractivity contribution in [2.24, 2.45) is 0 Å². The number of halogens is 12. The van der Waals surface area contributed by atoms with Crippen LogP contribution in [-0.2, 0) is 46.6 Å². The maximum Gasteiger partial charge on any atom is 0 e. The minimum absolute atomic E-state index is 0. The third-order valence-electron chi connectivity index (χ3n) is 5.68. The van der Waals surface area contributed by atoms with Crippen molar-refractivity contribution >= 4 is 18.3 Å². The van der Waals surface area contributed by atoms with Crippen LogP contribution in [0.2, 0.25) is 0 Å². The molecular formula is C25H9F12FeO4P-4. The zero-order valence-electron chi connectivity index (χ0n) is 20.2. The summed E-state index contributed by atoms with van der Waals surface area (Å²) in [5, 5.41) is -2.36. The van der Waals surface area contributed by atoms with Gasteiger partial charge in [-0.05, 0) is 12.1 Å². The topological polar surface area (TPSA) is 58.3 Å². The van der Waals surface area contributed by atoms with Gasteiger partial charge in [-0.25, -0.2) is 0 Å². The van der Waals surface area contributed by atoms with Gasteiger partial charge < -0.3 is 30.3 Å². The van der Waals surface area contributed by atoms with Gasteiger partial charge >= 0.3 is 66.2 Å². The van der Waals surface area contributed by atoms with E-state index < -0.39 is 65.4 Å². The first-order chi connectivity index (χ1) is 19.4. The molecule has 5 rings (SSSR count). The molecule has 0 amide bonds. The predicted molar refractivity (Wildman–Crippen MR) is 114 cm³/mol. The Kier molecular flexibility index (Phi) is 11.7. The number of rotatable bonds is 0. The minimum Gasteiger partial charge on any atom is -0.999 e. The third-order valence-corrected chi connectivity index (χ3v) is 8.79. The van der Waals surface area contributed by atoms with E-state index in [0.29, 0.717) is 12.1 Å². The van der Waals surface area contributed by atoms with Crippen LogP contribution in [0.4, 0.5) is 52.7 Å². The van der Waals surface area contributed by atoms with Gasteiger partial charge in [0.05, 0.1) is 11.1 Å². The normalized spacial score (nSPS) is 17.3. The van der Waals surface area contributed by atoms with Crippen molar-refractivity contribution in [1.29, 1.82) is 0 Å². The van der Waals surface area contributed by atoms with Gasteiger partial charge in [0, 0.05) is 17.1 Å². The van der Waals surface area contributed by atoms with Crippen molar-refractivity contribution in [2.45, 2.75) is 35.9 Å². The van der Waals surface area contributed by atoms with Crippen molar-refractivity contribution in [2.75, 3.05) is 0 Å². The summed E-state index contributed by atoms with van der Waals surface area (Å²) >= 11 is 0. The Labute approximate surface area is 245 Å². The van der Waals surface area contributed by atoms with Crippen LogP contribution in [0.15, 0.2) is 54.6 Å². The molecule has 2 aliphatic rings. The van der Waals surface area contributed by atoms with Gasteiger partial charge in [-0.1, -0.05) is 36.4 Å². The molecule has 0 N–H and O–H groups in total. The van der Waals surface area contributed by atoms with Crippen molar-refractivity contribution in [3.63, 3.8) is 0 Å². The monoisotopic (exact) mass is 688 g/mol. The van der Waals surface area contributed by atoms with E-state index in [-0.39, 0.29) is 29.2 Å². The molecule has 0 bridgehead atoms. The minimum atomic E-state index is -6.31. The molecule has 234 valence electrons. The molecule has 0 unspecified atom stereocenters. The molecule has 0 saturated heterocycles. The van der Waals surface area contributed by atoms with Gasteiger partial charge in [0.15, 0.2) is 10.6 Å². The summed E-state index contributed by atoms with van der Waals surface area (Å²) < 4.78 is 191. The number of hydrogen-bond acceptors (Lipinski definition) is 2. The van der Waals surface area contributed by atoms with Crippen molar-refractivity contribution < 1.29 is 88.1 Å². The fourth-order valence-electron chi connectivity index (χ4n) is 4.20. The number of benzene rings is 2. The van der Waals surface area contributed by atoms with E-state index in [1.807, 2.05) is 0 Å². The number of hydrogen-bond donors (Lipinski definition) is 0. The Morgan fingerprint density at radius 2 is 0.860 bits per heavy atom. The first-order valence-electron chi connectivity index (χ1n) is 10.4. The summed E-state index contributed by atoms with van der Waals surface area (Å²) in [7, 11) is -5.49. The van der Waals surface area contributed by atoms with Gasteiger partial charge in [-0.15, -0.1) is 0 Å². The quantitative estimate of drug-likeness (QED) is 0.0868. The first-order valence-corrected chi connectivity index (χ1v) is 12.0. The van der Waals surface area contributed by atoms with E-state index in [2.05, 4.69) is 46.6 Å². The Balaban J connectivity index is 0.000000813. The number of alkyl halides is 12. The van der Waals surface area contributed by atoms with Gasteiger partial charge in [-0.3, -0.25) is 0 Å². The second-order valence-electron chi connectivity index (χ2n) is 7.80. The molecule has 3 aromatic rings. The molecule has 0 atom stereocenters. The Morgan fingerprint density at radius 3 is 1.09 bits per heavy atom. The standard InChI is InChI=1S/C18H8F12O2P.C5H.2CO.Fe/c19-15(20,21)13(16(22,23)24)9-5-1-3-7-11(9)33(31-13)12-8-4-2-6-10(12)14(32-33,17(25,26)27)18(28,29)30;1-2-4-5-3-1;2*1-2;/h1-8H;1H;;;/q+1;-5;;;. The molecule has 43 heavy (non-hydrogen) atoms. The molecule has 0 aliphatic carbocycles. The third kappa shape index (κ3) is 5.90. The summed E-state index contributed by atoms with van der Waals surface area (Å²) in [4.78, 5) is 0. The van der Waals surface area contributed by atoms with Gasteiger partial charge in [0.1, 0.15) is 0 Å². The van der Waals surface area contributed by atoms with Gasteiger partial charge in [-0.2, -0.15) is 61.7 Å². The van der Waals surface area contributed by atoms with Crippen LogP contribution >= 0.6 is 7.72 Å². The average Bonchev–Trinajstić information content (AvgIpc) is 3.64. The zero-order valence-corrected chi connectivity index (χ0v) is 22.2. The molecule has 2 heterocycles. The second-order valence-corrected chi connectivity index (χ2v) is 10.2. The Bertz CT molecular complexity index is 1250. The molecular weight excluding hydrogens is 679 g/mol. The summed E-state index contributed by atoms with van der Waals surface area (Å²) in [6.07, 6.45) is -25.3.